The molecule has 29 heavy (non-hydrogen) atoms. The minimum atomic E-state index is -0.0354. The molecule has 5 heteroatoms. The van der Waals surface area contributed by atoms with Gasteiger partial charge < -0.3 is 14.2 Å². The lowest BCUT2D eigenvalue weighted by Crippen LogP contribution is -2.31. The Labute approximate surface area is 169 Å². The van der Waals surface area contributed by atoms with E-state index in [1.54, 1.807) is 0 Å². The number of hydrogen-bond donors (Lipinski definition) is 0. The Morgan fingerprint density at radius 1 is 0.931 bits per heavy atom. The van der Waals surface area contributed by atoms with Crippen LogP contribution in [-0.2, 0) is 0 Å². The summed E-state index contributed by atoms with van der Waals surface area (Å²) >= 11 is 0. The molecule has 0 radical (unpaired) electrons. The summed E-state index contributed by atoms with van der Waals surface area (Å²) in [6.07, 6.45) is 4.74. The van der Waals surface area contributed by atoms with Crippen molar-refractivity contribution < 1.29 is 9.53 Å². The van der Waals surface area contributed by atoms with E-state index in [2.05, 4.69) is 4.98 Å². The molecule has 1 aliphatic rings. The third-order valence-electron chi connectivity index (χ3n) is 5.31. The van der Waals surface area contributed by atoms with Crippen LogP contribution in [0.3, 0.4) is 0 Å². The highest BCUT2D eigenvalue weighted by Crippen LogP contribution is 2.22. The van der Waals surface area contributed by atoms with Gasteiger partial charge in [-0.15, -0.1) is 0 Å². The van der Waals surface area contributed by atoms with Gasteiger partial charge in [-0.3, -0.25) is 4.79 Å². The van der Waals surface area contributed by atoms with E-state index < -0.39 is 0 Å². The average Bonchev–Trinajstić information content (AvgIpc) is 3.46. The fourth-order valence-electron chi connectivity index (χ4n) is 3.76. The summed E-state index contributed by atoms with van der Waals surface area (Å²) in [5.74, 6) is 0.653. The quantitative estimate of drug-likeness (QED) is 0.527. The maximum Gasteiger partial charge on any atom is 0.253 e. The number of carbonyl (C=O) groups is 1. The molecule has 1 fully saturated rings. The van der Waals surface area contributed by atoms with Crippen LogP contribution in [0.15, 0.2) is 85.2 Å². The summed E-state index contributed by atoms with van der Waals surface area (Å²) in [6, 6.07) is 23.6. The Hall–Kier alpha value is -3.60. The zero-order valence-electron chi connectivity index (χ0n) is 15.9. The van der Waals surface area contributed by atoms with Crippen molar-refractivity contribution in [2.75, 3.05) is 13.1 Å². The lowest BCUT2D eigenvalue weighted by molar-refractivity contribution is 0.0771. The zero-order chi connectivity index (χ0) is 19.6. The van der Waals surface area contributed by atoms with Crippen LogP contribution in [0.2, 0.25) is 0 Å². The molecule has 0 N–H and O–H groups in total. The van der Waals surface area contributed by atoms with Crippen LogP contribution in [-0.4, -0.2) is 39.6 Å². The molecule has 4 aromatic rings. The number of para-hydroxylation sites is 1. The molecule has 1 saturated heterocycles. The van der Waals surface area contributed by atoms with Crippen molar-refractivity contribution in [3.8, 4) is 11.6 Å². The second-order valence-corrected chi connectivity index (χ2v) is 7.26. The second-order valence-electron chi connectivity index (χ2n) is 7.26. The van der Waals surface area contributed by atoms with Crippen molar-refractivity contribution in [1.82, 2.24) is 14.5 Å². The highest BCUT2D eigenvalue weighted by molar-refractivity contribution is 5.94. The summed E-state index contributed by atoms with van der Waals surface area (Å²) in [6.45, 7) is 1.27. The number of likely N-dealkylation sites (tertiary alicyclic amines) is 1. The normalized spacial score (nSPS) is 16.3. The summed E-state index contributed by atoms with van der Waals surface area (Å²) in [5, 5.41) is 1.09. The lowest BCUT2D eigenvalue weighted by atomic mass is 10.2. The van der Waals surface area contributed by atoms with Gasteiger partial charge >= 0.3 is 0 Å². The molecule has 0 bridgehead atoms. The van der Waals surface area contributed by atoms with Gasteiger partial charge in [0.2, 0.25) is 5.88 Å². The highest BCUT2D eigenvalue weighted by atomic mass is 16.5. The topological polar surface area (TPSA) is 47.4 Å². The lowest BCUT2D eigenvalue weighted by Gasteiger charge is -2.17. The molecule has 1 atom stereocenters. The minimum absolute atomic E-state index is 0.0354. The number of aromatic nitrogens is 2. The number of amides is 1. The number of pyridine rings is 1. The predicted molar refractivity (Wildman–Crippen MR) is 112 cm³/mol. The van der Waals surface area contributed by atoms with Crippen molar-refractivity contribution in [2.45, 2.75) is 12.5 Å². The molecule has 2 aromatic carbocycles. The number of hydrogen-bond acceptors (Lipinski definition) is 3. The van der Waals surface area contributed by atoms with E-state index in [1.807, 2.05) is 94.7 Å². The Morgan fingerprint density at radius 2 is 1.72 bits per heavy atom. The molecule has 2 aromatic heterocycles. The van der Waals surface area contributed by atoms with Crippen LogP contribution in [0.5, 0.6) is 5.88 Å². The maximum atomic E-state index is 12.9. The largest absolute Gasteiger partial charge is 0.472 e. The first-order valence-electron chi connectivity index (χ1n) is 9.81. The van der Waals surface area contributed by atoms with Crippen LogP contribution in [0.1, 0.15) is 16.8 Å². The van der Waals surface area contributed by atoms with E-state index in [-0.39, 0.29) is 12.0 Å². The molecule has 144 valence electrons. The number of nitrogens with zero attached hydrogens (tertiary/aromatic N) is 3. The summed E-state index contributed by atoms with van der Waals surface area (Å²) in [7, 11) is 0. The van der Waals surface area contributed by atoms with Crippen molar-refractivity contribution in [3.05, 3.63) is 90.8 Å². The Balaban J connectivity index is 1.24. The van der Waals surface area contributed by atoms with E-state index >= 15 is 0 Å². The van der Waals surface area contributed by atoms with Gasteiger partial charge in [0.1, 0.15) is 6.10 Å². The minimum Gasteiger partial charge on any atom is -0.472 e. The Bertz CT molecular complexity index is 1140. The molecule has 0 aliphatic carbocycles. The highest BCUT2D eigenvalue weighted by Gasteiger charge is 2.28. The molecule has 0 spiro atoms. The zero-order valence-corrected chi connectivity index (χ0v) is 15.9. The first kappa shape index (κ1) is 17.5. The molecule has 5 rings (SSSR count). The molecule has 3 heterocycles. The number of ether oxygens (including phenoxy) is 1. The van der Waals surface area contributed by atoms with Gasteiger partial charge in [-0.1, -0.05) is 18.2 Å². The first-order valence-corrected chi connectivity index (χ1v) is 9.81. The number of benzene rings is 2. The van der Waals surface area contributed by atoms with E-state index in [1.165, 1.54) is 0 Å². The van der Waals surface area contributed by atoms with Gasteiger partial charge in [-0.2, -0.15) is 0 Å². The Morgan fingerprint density at radius 3 is 2.55 bits per heavy atom. The van der Waals surface area contributed by atoms with Crippen LogP contribution in [0, 0.1) is 0 Å². The third kappa shape index (κ3) is 3.59. The van der Waals surface area contributed by atoms with Crippen LogP contribution >= 0.6 is 0 Å². The van der Waals surface area contributed by atoms with Crippen molar-refractivity contribution >= 4 is 16.8 Å². The summed E-state index contributed by atoms with van der Waals surface area (Å²) in [5.41, 5.74) is 2.65. The van der Waals surface area contributed by atoms with Crippen LogP contribution in [0.25, 0.3) is 16.6 Å². The maximum absolute atomic E-state index is 12.9. The summed E-state index contributed by atoms with van der Waals surface area (Å²) < 4.78 is 8.08. The Kier molecular flexibility index (Phi) is 4.48. The fourth-order valence-corrected chi connectivity index (χ4v) is 3.76. The first-order chi connectivity index (χ1) is 14.3. The molecule has 1 amide bonds. The summed E-state index contributed by atoms with van der Waals surface area (Å²) in [4.78, 5) is 19.3. The monoisotopic (exact) mass is 383 g/mol. The number of rotatable bonds is 4. The third-order valence-corrected chi connectivity index (χ3v) is 5.31. The molecular weight excluding hydrogens is 362 g/mol. The van der Waals surface area contributed by atoms with E-state index in [0.717, 1.165) is 23.0 Å². The van der Waals surface area contributed by atoms with Gasteiger partial charge in [0, 0.05) is 48.1 Å². The number of carbonyl (C=O) groups excluding carboxylic acids is 1. The SMILES string of the molecule is O=C(c1ccc(-n2cccc2)cc1)N1CC[C@@H](Oc2ccc3ccccc3n2)C1. The van der Waals surface area contributed by atoms with Crippen molar-refractivity contribution in [1.29, 1.82) is 0 Å². The van der Waals surface area contributed by atoms with E-state index in [9.17, 15) is 4.79 Å². The fraction of sp³-hybridized carbons (Fsp3) is 0.167. The molecule has 0 saturated carbocycles. The average molecular weight is 383 g/mol. The van der Waals surface area contributed by atoms with Gasteiger partial charge in [0.15, 0.2) is 0 Å². The van der Waals surface area contributed by atoms with Crippen molar-refractivity contribution in [3.63, 3.8) is 0 Å². The number of fused-ring (bicyclic) bond motifs is 1. The van der Waals surface area contributed by atoms with Gasteiger partial charge in [-0.25, -0.2) is 4.98 Å². The van der Waals surface area contributed by atoms with E-state index in [0.29, 0.717) is 24.5 Å². The standard InChI is InChI=1S/C24H21N3O2/c28-24(19-7-10-20(11-8-19)26-14-3-4-15-26)27-16-13-21(17-27)29-23-12-9-18-5-1-2-6-22(18)25-23/h1-12,14-15,21H,13,16-17H2/t21-/m1/s1. The molecular formula is C24H21N3O2. The van der Waals surface area contributed by atoms with Gasteiger partial charge in [0.05, 0.1) is 12.1 Å². The van der Waals surface area contributed by atoms with Crippen molar-refractivity contribution in [2.24, 2.45) is 0 Å². The molecule has 5 nitrogen and oxygen atoms in total. The smallest absolute Gasteiger partial charge is 0.253 e. The van der Waals surface area contributed by atoms with Gasteiger partial charge in [0.25, 0.3) is 5.91 Å². The van der Waals surface area contributed by atoms with Gasteiger partial charge in [-0.05, 0) is 48.5 Å². The van der Waals surface area contributed by atoms with E-state index in [4.69, 9.17) is 4.74 Å². The predicted octanol–water partition coefficient (Wildman–Crippen LogP) is 4.32. The second kappa shape index (κ2) is 7.43. The molecule has 0 unspecified atom stereocenters. The van der Waals surface area contributed by atoms with Crippen LogP contribution < -0.4 is 4.74 Å². The van der Waals surface area contributed by atoms with Crippen LogP contribution in [0.4, 0.5) is 0 Å². The molecule has 1 aliphatic heterocycles.